The van der Waals surface area contributed by atoms with E-state index in [2.05, 4.69) is 19.3 Å². The Morgan fingerprint density at radius 2 is 1.71 bits per heavy atom. The van der Waals surface area contributed by atoms with E-state index in [0.29, 0.717) is 0 Å². The van der Waals surface area contributed by atoms with Gasteiger partial charge in [0.05, 0.1) is 0 Å². The lowest BCUT2D eigenvalue weighted by molar-refractivity contribution is 0.147. The molecule has 0 radical (unpaired) electrons. The van der Waals surface area contributed by atoms with Gasteiger partial charge in [-0.3, -0.25) is 9.05 Å². The number of carbonyl (C=O) groups is 1. The highest BCUT2D eigenvalue weighted by Gasteiger charge is 2.29. The lowest BCUT2D eigenvalue weighted by Crippen LogP contribution is -2.14. The Labute approximate surface area is 81.3 Å². The summed E-state index contributed by atoms with van der Waals surface area (Å²) in [5.41, 5.74) is 4.63. The van der Waals surface area contributed by atoms with E-state index in [1.54, 1.807) is 0 Å². The van der Waals surface area contributed by atoms with Crippen molar-refractivity contribution in [2.24, 2.45) is 5.73 Å². The Kier molecular flexibility index (Phi) is 5.43. The molecule has 0 aromatic heterocycles. The van der Waals surface area contributed by atoms with E-state index in [9.17, 15) is 9.36 Å². The van der Waals surface area contributed by atoms with Gasteiger partial charge in [-0.2, -0.15) is 0 Å². The molecule has 0 aliphatic heterocycles. The van der Waals surface area contributed by atoms with Gasteiger partial charge < -0.3 is 10.3 Å². The zero-order chi connectivity index (χ0) is 11.0. The first kappa shape index (κ1) is 12.5. The number of nitrogens with two attached hydrogens (primary N) is 1. The lowest BCUT2D eigenvalue weighted by Gasteiger charge is -2.13. The smallest absolute Gasteiger partial charge is 0.354 e. The van der Waals surface area contributed by atoms with Gasteiger partial charge in [-0.15, -0.1) is 12.8 Å². The van der Waals surface area contributed by atoms with Crippen LogP contribution >= 0.6 is 7.82 Å². The normalized spacial score (nSPS) is 9.86. The molecule has 0 heterocycles. The summed E-state index contributed by atoms with van der Waals surface area (Å²) < 4.78 is 24.4. The van der Waals surface area contributed by atoms with Crippen molar-refractivity contribution in [1.29, 1.82) is 0 Å². The van der Waals surface area contributed by atoms with Crippen LogP contribution in [0.15, 0.2) is 0 Å². The molecule has 0 rings (SSSR count). The molecule has 0 saturated heterocycles. The molecule has 0 aromatic carbocycles. The molecule has 0 fully saturated rings. The third-order valence-electron chi connectivity index (χ3n) is 0.814. The van der Waals surface area contributed by atoms with Gasteiger partial charge in [0.1, 0.15) is 13.2 Å². The van der Waals surface area contributed by atoms with Crippen molar-refractivity contribution in [2.45, 2.75) is 0 Å². The summed E-state index contributed by atoms with van der Waals surface area (Å²) in [5, 5.41) is 0. The van der Waals surface area contributed by atoms with Crippen LogP contribution in [0.2, 0.25) is 0 Å². The highest BCUT2D eigenvalue weighted by molar-refractivity contribution is 7.49. The van der Waals surface area contributed by atoms with Gasteiger partial charge in [-0.25, -0.2) is 9.36 Å². The van der Waals surface area contributed by atoms with Crippen LogP contribution in [0.5, 0.6) is 0 Å². The first-order chi connectivity index (χ1) is 6.54. The first-order valence-electron chi connectivity index (χ1n) is 3.29. The van der Waals surface area contributed by atoms with Crippen LogP contribution in [0, 0.1) is 24.7 Å². The summed E-state index contributed by atoms with van der Waals surface area (Å²) in [6.07, 6.45) is 8.36. The summed E-state index contributed by atoms with van der Waals surface area (Å²) in [7, 11) is -4.07. The maximum atomic E-state index is 11.4. The number of terminal acetylenes is 2. The molecule has 0 aliphatic carbocycles. The molecule has 7 heteroatoms. The number of phosphoric ester groups is 1. The molecule has 0 atom stereocenters. The first-order valence-corrected chi connectivity index (χ1v) is 4.75. The van der Waals surface area contributed by atoms with Crippen LogP contribution in [-0.4, -0.2) is 19.3 Å². The second-order valence-electron chi connectivity index (χ2n) is 1.81. The van der Waals surface area contributed by atoms with E-state index in [1.807, 2.05) is 11.8 Å². The molecule has 0 spiro atoms. The van der Waals surface area contributed by atoms with Crippen molar-refractivity contribution in [3.63, 3.8) is 0 Å². The number of amides is 1. The van der Waals surface area contributed by atoms with E-state index < -0.39 is 13.9 Å². The number of primary amides is 1. The Morgan fingerprint density at radius 3 is 2.00 bits per heavy atom. The molecule has 6 nitrogen and oxygen atoms in total. The van der Waals surface area contributed by atoms with Gasteiger partial charge in [0.25, 0.3) is 0 Å². The van der Waals surface area contributed by atoms with Crippen LogP contribution < -0.4 is 5.73 Å². The molecular formula is C7H8NO5P. The maximum absolute atomic E-state index is 11.4. The fourth-order valence-corrected chi connectivity index (χ4v) is 1.30. The Balaban J connectivity index is 4.36. The largest absolute Gasteiger partial charge is 0.535 e. The second-order valence-corrected chi connectivity index (χ2v) is 3.41. The highest BCUT2D eigenvalue weighted by Crippen LogP contribution is 2.48. The third kappa shape index (κ3) is 5.23. The number of hydrogen-bond acceptors (Lipinski definition) is 5. The molecule has 0 aromatic rings. The lowest BCUT2D eigenvalue weighted by atomic mass is 10.8. The van der Waals surface area contributed by atoms with Crippen molar-refractivity contribution in [1.82, 2.24) is 0 Å². The minimum absolute atomic E-state index is 0.352. The fourth-order valence-electron chi connectivity index (χ4n) is 0.433. The van der Waals surface area contributed by atoms with Crippen molar-refractivity contribution in [3.05, 3.63) is 0 Å². The van der Waals surface area contributed by atoms with E-state index in [1.165, 1.54) is 0 Å². The van der Waals surface area contributed by atoms with Crippen molar-refractivity contribution >= 4 is 13.9 Å². The molecular weight excluding hydrogens is 209 g/mol. The quantitative estimate of drug-likeness (QED) is 0.534. The van der Waals surface area contributed by atoms with Gasteiger partial charge in [-0.05, 0) is 0 Å². The predicted octanol–water partition coefficient (Wildman–Crippen LogP) is 0.489. The van der Waals surface area contributed by atoms with Crippen molar-refractivity contribution in [3.8, 4) is 24.7 Å². The Hall–Kier alpha value is -1.46. The van der Waals surface area contributed by atoms with E-state index >= 15 is 0 Å². The number of phosphoric acid groups is 1. The van der Waals surface area contributed by atoms with Gasteiger partial charge in [0, 0.05) is 0 Å². The van der Waals surface area contributed by atoms with Gasteiger partial charge >= 0.3 is 13.9 Å². The zero-order valence-corrected chi connectivity index (χ0v) is 8.03. The maximum Gasteiger partial charge on any atom is 0.535 e. The van der Waals surface area contributed by atoms with Crippen LogP contribution in [0.1, 0.15) is 0 Å². The molecule has 2 N–H and O–H groups in total. The molecule has 0 unspecified atom stereocenters. The monoisotopic (exact) mass is 217 g/mol. The average molecular weight is 217 g/mol. The molecule has 0 bridgehead atoms. The Morgan fingerprint density at radius 1 is 1.29 bits per heavy atom. The summed E-state index contributed by atoms with van der Waals surface area (Å²) >= 11 is 0. The van der Waals surface area contributed by atoms with Crippen LogP contribution in [0.25, 0.3) is 0 Å². The van der Waals surface area contributed by atoms with E-state index in [0.717, 1.165) is 0 Å². The minimum atomic E-state index is -4.07. The second kappa shape index (κ2) is 6.06. The van der Waals surface area contributed by atoms with E-state index in [4.69, 9.17) is 12.8 Å². The SMILES string of the molecule is C#CCOP(=O)(OCC#C)OC(N)=O. The highest BCUT2D eigenvalue weighted by atomic mass is 31.2. The van der Waals surface area contributed by atoms with Crippen LogP contribution in [0.4, 0.5) is 4.79 Å². The van der Waals surface area contributed by atoms with Gasteiger partial charge in [0.2, 0.25) is 0 Å². The molecule has 76 valence electrons. The fraction of sp³-hybridized carbons (Fsp3) is 0.286. The van der Waals surface area contributed by atoms with Crippen LogP contribution in [-0.2, 0) is 18.1 Å². The summed E-state index contributed by atoms with van der Waals surface area (Å²) in [4.78, 5) is 10.3. The molecule has 1 amide bonds. The molecule has 0 aliphatic rings. The number of carbonyl (C=O) groups excluding carboxylic acids is 1. The standard InChI is InChI=1S/C7H8NO5P/c1-3-5-11-14(10,12-6-4-2)13-7(8)9/h1-2H,5-6H2,(H2,8,9). The van der Waals surface area contributed by atoms with Gasteiger partial charge in [-0.1, -0.05) is 11.8 Å². The predicted molar refractivity (Wildman–Crippen MR) is 47.8 cm³/mol. The van der Waals surface area contributed by atoms with Crippen molar-refractivity contribution < 1.29 is 22.9 Å². The Bertz CT molecular complexity index is 304. The topological polar surface area (TPSA) is 87.8 Å². The number of rotatable bonds is 5. The van der Waals surface area contributed by atoms with Crippen LogP contribution in [0.3, 0.4) is 0 Å². The summed E-state index contributed by atoms with van der Waals surface area (Å²) in [5.74, 6) is 4.03. The number of hydrogen-bond donors (Lipinski definition) is 1. The molecule has 0 saturated carbocycles. The molecule has 14 heavy (non-hydrogen) atoms. The zero-order valence-electron chi connectivity index (χ0n) is 7.13. The van der Waals surface area contributed by atoms with Crippen molar-refractivity contribution in [2.75, 3.05) is 13.2 Å². The average Bonchev–Trinajstić information content (AvgIpc) is 2.11. The third-order valence-corrected chi connectivity index (χ3v) is 2.11. The van der Waals surface area contributed by atoms with Gasteiger partial charge in [0.15, 0.2) is 0 Å². The summed E-state index contributed by atoms with van der Waals surface area (Å²) in [6, 6.07) is 0. The van der Waals surface area contributed by atoms with E-state index in [-0.39, 0.29) is 13.2 Å². The summed E-state index contributed by atoms with van der Waals surface area (Å²) in [6.45, 7) is -0.704. The minimum Gasteiger partial charge on any atom is -0.354 e.